The Hall–Kier alpha value is -2.49. The van der Waals surface area contributed by atoms with Crippen LogP contribution in [0.2, 0.25) is 5.02 Å². The molecule has 1 saturated heterocycles. The number of thiazole rings is 1. The second-order valence-electron chi connectivity index (χ2n) is 6.31. The van der Waals surface area contributed by atoms with E-state index in [2.05, 4.69) is 34.0 Å². The summed E-state index contributed by atoms with van der Waals surface area (Å²) in [6, 6.07) is 20.3. The maximum Gasteiger partial charge on any atom is 0.134 e. The van der Waals surface area contributed by atoms with Crippen molar-refractivity contribution >= 4 is 28.5 Å². The molecule has 1 fully saturated rings. The van der Waals surface area contributed by atoms with Crippen LogP contribution in [0.1, 0.15) is 16.6 Å². The lowest BCUT2D eigenvalue weighted by Gasteiger charge is -2.15. The number of hydrogen-bond donors (Lipinski definition) is 2. The lowest BCUT2D eigenvalue weighted by Crippen LogP contribution is -2.24. The van der Waals surface area contributed by atoms with Gasteiger partial charge in [0.15, 0.2) is 0 Å². The fraction of sp³-hybridized carbons (Fsp3) is 0.143. The van der Waals surface area contributed by atoms with E-state index < -0.39 is 0 Å². The van der Waals surface area contributed by atoms with Crippen molar-refractivity contribution in [1.82, 2.24) is 15.8 Å². The van der Waals surface area contributed by atoms with Gasteiger partial charge in [0.05, 0.1) is 17.3 Å². The second-order valence-corrected chi connectivity index (χ2v) is 7.61. The van der Waals surface area contributed by atoms with Gasteiger partial charge in [-0.05, 0) is 17.7 Å². The Kier molecular flexibility index (Phi) is 5.33. The Morgan fingerprint density at radius 2 is 1.96 bits per heavy atom. The number of aromatic nitrogens is 1. The zero-order valence-corrected chi connectivity index (χ0v) is 16.0. The number of hydrazine groups is 1. The maximum absolute atomic E-state index is 9.70. The van der Waals surface area contributed by atoms with E-state index in [1.165, 1.54) is 16.9 Å². The molecule has 2 unspecified atom stereocenters. The fourth-order valence-electron chi connectivity index (χ4n) is 3.18. The highest BCUT2D eigenvalue weighted by atomic mass is 35.5. The van der Waals surface area contributed by atoms with Crippen molar-refractivity contribution in [1.29, 1.82) is 5.26 Å². The van der Waals surface area contributed by atoms with Crippen molar-refractivity contribution in [2.24, 2.45) is 5.92 Å². The first-order chi connectivity index (χ1) is 13.2. The van der Waals surface area contributed by atoms with Crippen LogP contribution < -0.4 is 10.9 Å². The molecule has 2 heterocycles. The summed E-state index contributed by atoms with van der Waals surface area (Å²) in [6.45, 7) is 0.764. The van der Waals surface area contributed by atoms with Crippen LogP contribution in [0.5, 0.6) is 0 Å². The molecular formula is C21H17ClN4S. The van der Waals surface area contributed by atoms with Gasteiger partial charge in [-0.15, -0.1) is 11.3 Å². The molecular weight excluding hydrogens is 376 g/mol. The molecule has 0 amide bonds. The third-order valence-corrected chi connectivity index (χ3v) is 5.69. The summed E-state index contributed by atoms with van der Waals surface area (Å²) in [7, 11) is 0. The molecule has 2 atom stereocenters. The van der Waals surface area contributed by atoms with Crippen LogP contribution in [-0.2, 0) is 0 Å². The number of nitrogens with one attached hydrogen (secondary N) is 2. The highest BCUT2D eigenvalue weighted by Gasteiger charge is 2.27. The Labute approximate surface area is 167 Å². The van der Waals surface area contributed by atoms with Crippen molar-refractivity contribution in [3.8, 4) is 17.3 Å². The summed E-state index contributed by atoms with van der Waals surface area (Å²) in [5.74, 6) is 0.171. The number of nitriles is 1. The third kappa shape index (κ3) is 3.95. The van der Waals surface area contributed by atoms with E-state index in [-0.39, 0.29) is 12.0 Å². The monoisotopic (exact) mass is 392 g/mol. The van der Waals surface area contributed by atoms with Crippen LogP contribution >= 0.6 is 22.9 Å². The molecule has 0 saturated carbocycles. The van der Waals surface area contributed by atoms with Crippen molar-refractivity contribution < 1.29 is 0 Å². The van der Waals surface area contributed by atoms with Crippen molar-refractivity contribution in [3.05, 3.63) is 81.6 Å². The molecule has 0 aliphatic carbocycles. The van der Waals surface area contributed by atoms with Gasteiger partial charge in [-0.2, -0.15) is 5.26 Å². The molecule has 4 rings (SSSR count). The average molecular weight is 393 g/mol. The Balaban J connectivity index is 1.60. The van der Waals surface area contributed by atoms with Gasteiger partial charge < -0.3 is 0 Å². The minimum absolute atomic E-state index is 0.130. The number of benzene rings is 2. The summed E-state index contributed by atoms with van der Waals surface area (Å²) in [4.78, 5) is 4.67. The lowest BCUT2D eigenvalue weighted by atomic mass is 9.93. The van der Waals surface area contributed by atoms with Crippen LogP contribution in [0.3, 0.4) is 0 Å². The van der Waals surface area contributed by atoms with E-state index in [9.17, 15) is 5.26 Å². The molecule has 0 radical (unpaired) electrons. The smallest absolute Gasteiger partial charge is 0.134 e. The van der Waals surface area contributed by atoms with Crippen molar-refractivity contribution in [2.45, 2.75) is 6.04 Å². The predicted octanol–water partition coefficient (Wildman–Crippen LogP) is 4.84. The summed E-state index contributed by atoms with van der Waals surface area (Å²) >= 11 is 7.44. The van der Waals surface area contributed by atoms with Gasteiger partial charge in [0.25, 0.3) is 0 Å². The minimum Gasteiger partial charge on any atom is -0.257 e. The van der Waals surface area contributed by atoms with E-state index in [1.807, 2.05) is 53.9 Å². The lowest BCUT2D eigenvalue weighted by molar-refractivity contribution is 0.540. The van der Waals surface area contributed by atoms with Gasteiger partial charge in [0.1, 0.15) is 11.1 Å². The zero-order valence-electron chi connectivity index (χ0n) is 14.4. The first-order valence-corrected chi connectivity index (χ1v) is 9.87. The van der Waals surface area contributed by atoms with E-state index in [0.29, 0.717) is 10.6 Å². The SMILES string of the molecule is N#C/C(=C\C1CNNC1c1ccccc1)c1nc(-c2ccc(Cl)cc2)cs1. The number of nitrogens with zero attached hydrogens (tertiary/aromatic N) is 2. The van der Waals surface area contributed by atoms with Gasteiger partial charge in [-0.25, -0.2) is 10.4 Å². The highest BCUT2D eigenvalue weighted by Crippen LogP contribution is 2.31. The minimum atomic E-state index is 0.130. The maximum atomic E-state index is 9.70. The molecule has 0 spiro atoms. The summed E-state index contributed by atoms with van der Waals surface area (Å²) in [5, 5.41) is 13.1. The molecule has 3 aromatic rings. The van der Waals surface area contributed by atoms with E-state index >= 15 is 0 Å². The molecule has 0 bridgehead atoms. The van der Waals surface area contributed by atoms with Gasteiger partial charge in [0, 0.05) is 28.4 Å². The van der Waals surface area contributed by atoms with Crippen molar-refractivity contribution in [3.63, 3.8) is 0 Å². The van der Waals surface area contributed by atoms with Gasteiger partial charge in [0.2, 0.25) is 0 Å². The zero-order chi connectivity index (χ0) is 18.6. The number of halogens is 1. The van der Waals surface area contributed by atoms with Gasteiger partial charge >= 0.3 is 0 Å². The summed E-state index contributed by atoms with van der Waals surface area (Å²) in [6.07, 6.45) is 2.02. The number of hydrogen-bond acceptors (Lipinski definition) is 5. The van der Waals surface area contributed by atoms with Crippen LogP contribution in [0.4, 0.5) is 0 Å². The van der Waals surface area contributed by atoms with Gasteiger partial charge in [-0.1, -0.05) is 60.1 Å². The largest absolute Gasteiger partial charge is 0.257 e. The van der Waals surface area contributed by atoms with Crippen LogP contribution in [0.15, 0.2) is 66.1 Å². The first-order valence-electron chi connectivity index (χ1n) is 8.61. The Morgan fingerprint density at radius 1 is 1.19 bits per heavy atom. The molecule has 1 aliphatic heterocycles. The molecule has 1 aliphatic rings. The molecule has 1 aromatic heterocycles. The Morgan fingerprint density at radius 3 is 2.70 bits per heavy atom. The summed E-state index contributed by atoms with van der Waals surface area (Å²) in [5.41, 5.74) is 10.2. The standard InChI is InChI=1S/C21H17ClN4S/c22-18-8-6-14(7-9-18)19-13-27-21(25-19)16(11-23)10-17-12-24-26-20(17)15-4-2-1-3-5-15/h1-10,13,17,20,24,26H,12H2/b16-10+. The van der Waals surface area contributed by atoms with Crippen molar-refractivity contribution in [2.75, 3.05) is 6.54 Å². The number of allylic oxidation sites excluding steroid dienone is 1. The molecule has 6 heteroatoms. The van der Waals surface area contributed by atoms with E-state index in [1.54, 1.807) is 0 Å². The fourth-order valence-corrected chi connectivity index (χ4v) is 4.11. The van der Waals surface area contributed by atoms with E-state index in [0.717, 1.165) is 22.8 Å². The van der Waals surface area contributed by atoms with Crippen LogP contribution in [-0.4, -0.2) is 11.5 Å². The molecule has 134 valence electrons. The van der Waals surface area contributed by atoms with E-state index in [4.69, 9.17) is 11.6 Å². The molecule has 4 nitrogen and oxygen atoms in total. The molecule has 2 N–H and O–H groups in total. The Bertz CT molecular complexity index is 989. The second kappa shape index (κ2) is 8.03. The first kappa shape index (κ1) is 17.9. The highest BCUT2D eigenvalue weighted by molar-refractivity contribution is 7.11. The topological polar surface area (TPSA) is 60.7 Å². The third-order valence-electron chi connectivity index (χ3n) is 4.56. The summed E-state index contributed by atoms with van der Waals surface area (Å²) < 4.78 is 0. The normalized spacial score (nSPS) is 19.8. The predicted molar refractivity (Wildman–Crippen MR) is 110 cm³/mol. The van der Waals surface area contributed by atoms with Crippen LogP contribution in [0, 0.1) is 17.2 Å². The molecule has 27 heavy (non-hydrogen) atoms. The average Bonchev–Trinajstić information content (AvgIpc) is 3.37. The quantitative estimate of drug-likeness (QED) is 0.624. The molecule has 2 aromatic carbocycles. The van der Waals surface area contributed by atoms with Gasteiger partial charge in [-0.3, -0.25) is 5.43 Å². The van der Waals surface area contributed by atoms with Crippen LogP contribution in [0.25, 0.3) is 16.8 Å². The number of rotatable bonds is 4.